The van der Waals surface area contributed by atoms with Crippen molar-refractivity contribution in [3.05, 3.63) is 42.2 Å². The molecule has 0 bridgehead atoms. The molecule has 0 aliphatic heterocycles. The molecule has 0 fully saturated rings. The average molecular weight is 418 g/mol. The molecule has 1 aromatic carbocycles. The third-order valence-electron chi connectivity index (χ3n) is 3.74. The van der Waals surface area contributed by atoms with Crippen LogP contribution in [-0.4, -0.2) is 51.3 Å². The summed E-state index contributed by atoms with van der Waals surface area (Å²) in [6.45, 7) is 0. The van der Waals surface area contributed by atoms with Gasteiger partial charge in [0.1, 0.15) is 5.76 Å². The van der Waals surface area contributed by atoms with Crippen LogP contribution in [0.5, 0.6) is 0 Å². The smallest absolute Gasteiger partial charge is 0.240 e. The SMILES string of the molecule is CNS(=O)(=O)c1ccc(-c2ccc(-c3nc(SCc4nn[nH]n4)n[nH]3)o2)cc1. The molecule has 0 aliphatic carbocycles. The lowest BCUT2D eigenvalue weighted by Crippen LogP contribution is -2.18. The second kappa shape index (κ2) is 7.53. The zero-order valence-corrected chi connectivity index (χ0v) is 16.1. The van der Waals surface area contributed by atoms with Crippen molar-refractivity contribution in [2.45, 2.75) is 15.8 Å². The molecule has 28 heavy (non-hydrogen) atoms. The fraction of sp³-hybridized carbons (Fsp3) is 0.133. The zero-order chi connectivity index (χ0) is 19.6. The maximum Gasteiger partial charge on any atom is 0.240 e. The van der Waals surface area contributed by atoms with Gasteiger partial charge in [0.05, 0.1) is 10.6 Å². The first-order valence-corrected chi connectivity index (χ1v) is 10.4. The van der Waals surface area contributed by atoms with E-state index in [0.29, 0.717) is 34.1 Å². The highest BCUT2D eigenvalue weighted by molar-refractivity contribution is 7.98. The predicted octanol–water partition coefficient (Wildman–Crippen LogP) is 1.45. The fourth-order valence-electron chi connectivity index (χ4n) is 2.33. The number of aromatic amines is 2. The van der Waals surface area contributed by atoms with Crippen LogP contribution in [0.25, 0.3) is 22.9 Å². The van der Waals surface area contributed by atoms with Crippen LogP contribution in [0.2, 0.25) is 0 Å². The molecular weight excluding hydrogens is 404 g/mol. The molecule has 13 heteroatoms. The van der Waals surface area contributed by atoms with E-state index in [9.17, 15) is 8.42 Å². The number of benzene rings is 1. The molecule has 0 atom stereocenters. The van der Waals surface area contributed by atoms with Crippen LogP contribution >= 0.6 is 11.8 Å². The Kier molecular flexibility index (Phi) is 4.93. The normalized spacial score (nSPS) is 11.8. The van der Waals surface area contributed by atoms with Crippen molar-refractivity contribution in [1.82, 2.24) is 40.5 Å². The van der Waals surface area contributed by atoms with Crippen molar-refractivity contribution < 1.29 is 12.8 Å². The van der Waals surface area contributed by atoms with Crippen molar-refractivity contribution >= 4 is 21.8 Å². The van der Waals surface area contributed by atoms with Gasteiger partial charge >= 0.3 is 0 Å². The van der Waals surface area contributed by atoms with Crippen LogP contribution < -0.4 is 4.72 Å². The molecule has 144 valence electrons. The Bertz CT molecular complexity index is 1170. The molecule has 0 amide bonds. The van der Waals surface area contributed by atoms with E-state index >= 15 is 0 Å². The summed E-state index contributed by atoms with van der Waals surface area (Å²) in [7, 11) is -2.11. The minimum Gasteiger partial charge on any atom is -0.453 e. The fourth-order valence-corrected chi connectivity index (χ4v) is 3.71. The van der Waals surface area contributed by atoms with E-state index < -0.39 is 10.0 Å². The van der Waals surface area contributed by atoms with Gasteiger partial charge in [-0.3, -0.25) is 5.10 Å². The van der Waals surface area contributed by atoms with Crippen LogP contribution in [0, 0.1) is 0 Å². The third kappa shape index (κ3) is 3.81. The Balaban J connectivity index is 1.48. The molecule has 0 saturated heterocycles. The number of hydrogen-bond acceptors (Lipinski definition) is 9. The molecule has 3 aromatic heterocycles. The summed E-state index contributed by atoms with van der Waals surface area (Å²) < 4.78 is 31.7. The van der Waals surface area contributed by atoms with Gasteiger partial charge in [0.2, 0.25) is 15.2 Å². The third-order valence-corrected chi connectivity index (χ3v) is 6.02. The van der Waals surface area contributed by atoms with E-state index in [1.807, 2.05) is 0 Å². The van der Waals surface area contributed by atoms with Gasteiger partial charge in [-0.1, -0.05) is 17.0 Å². The lowest BCUT2D eigenvalue weighted by Gasteiger charge is -2.03. The van der Waals surface area contributed by atoms with Crippen molar-refractivity contribution in [1.29, 1.82) is 0 Å². The molecule has 0 unspecified atom stereocenters. The summed E-state index contributed by atoms with van der Waals surface area (Å²) in [5.74, 6) is 2.62. The number of rotatable bonds is 7. The number of tetrazole rings is 1. The Morgan fingerprint density at radius 1 is 1.11 bits per heavy atom. The van der Waals surface area contributed by atoms with Gasteiger partial charge in [0.25, 0.3) is 0 Å². The standard InChI is InChI=1S/C15H14N8O3S2/c1-16-28(24,25)10-4-2-9(3-5-10)11-6-7-12(26-11)14-17-15(21-20-14)27-8-13-18-22-23-19-13/h2-7,16H,8H2,1H3,(H,17,20,21)(H,18,19,22,23). The van der Waals surface area contributed by atoms with Gasteiger partial charge in [0.15, 0.2) is 17.4 Å². The molecule has 0 radical (unpaired) electrons. The van der Waals surface area contributed by atoms with Crippen LogP contribution in [0.3, 0.4) is 0 Å². The summed E-state index contributed by atoms with van der Waals surface area (Å²) in [4.78, 5) is 4.56. The largest absolute Gasteiger partial charge is 0.453 e. The van der Waals surface area contributed by atoms with Crippen molar-refractivity contribution in [2.24, 2.45) is 0 Å². The number of sulfonamides is 1. The van der Waals surface area contributed by atoms with Crippen LogP contribution in [0.1, 0.15) is 5.82 Å². The Hall–Kier alpha value is -3.03. The maximum absolute atomic E-state index is 11.8. The quantitative estimate of drug-likeness (QED) is 0.378. The number of nitrogens with zero attached hydrogens (tertiary/aromatic N) is 5. The van der Waals surface area contributed by atoms with Crippen molar-refractivity contribution in [3.63, 3.8) is 0 Å². The Labute approximate surface area is 163 Å². The van der Waals surface area contributed by atoms with E-state index in [0.717, 1.165) is 5.56 Å². The van der Waals surface area contributed by atoms with Gasteiger partial charge in [-0.25, -0.2) is 13.1 Å². The van der Waals surface area contributed by atoms with Gasteiger partial charge in [0, 0.05) is 5.56 Å². The zero-order valence-electron chi connectivity index (χ0n) is 14.4. The maximum atomic E-state index is 11.8. The number of H-pyrrole nitrogens is 2. The average Bonchev–Trinajstić information content (AvgIpc) is 3.47. The van der Waals surface area contributed by atoms with Crippen molar-refractivity contribution in [3.8, 4) is 22.9 Å². The second-order valence-corrected chi connectivity index (χ2v) is 8.31. The van der Waals surface area contributed by atoms with Crippen LogP contribution in [-0.2, 0) is 15.8 Å². The highest BCUT2D eigenvalue weighted by atomic mass is 32.2. The minimum absolute atomic E-state index is 0.184. The summed E-state index contributed by atoms with van der Waals surface area (Å²) in [6, 6.07) is 9.95. The molecule has 0 aliphatic rings. The Morgan fingerprint density at radius 3 is 2.61 bits per heavy atom. The molecule has 3 N–H and O–H groups in total. The van der Waals surface area contributed by atoms with Gasteiger partial charge < -0.3 is 4.42 Å². The van der Waals surface area contributed by atoms with Crippen molar-refractivity contribution in [2.75, 3.05) is 7.05 Å². The minimum atomic E-state index is -3.47. The van der Waals surface area contributed by atoms with E-state index in [1.165, 1.54) is 30.9 Å². The van der Waals surface area contributed by atoms with Gasteiger partial charge in [-0.2, -0.15) is 10.2 Å². The second-order valence-electron chi connectivity index (χ2n) is 5.48. The number of furan rings is 1. The van der Waals surface area contributed by atoms with Crippen LogP contribution in [0.15, 0.2) is 50.9 Å². The number of hydrogen-bond donors (Lipinski definition) is 3. The molecule has 0 saturated carbocycles. The van der Waals surface area contributed by atoms with Crippen LogP contribution in [0.4, 0.5) is 0 Å². The monoisotopic (exact) mass is 418 g/mol. The topological polar surface area (TPSA) is 155 Å². The highest BCUT2D eigenvalue weighted by Gasteiger charge is 2.14. The lowest BCUT2D eigenvalue weighted by molar-refractivity contribution is 0.587. The first kappa shape index (κ1) is 18.3. The summed E-state index contributed by atoms with van der Waals surface area (Å²) in [6.07, 6.45) is 0. The van der Waals surface area contributed by atoms with Gasteiger partial charge in [-0.15, -0.1) is 15.3 Å². The first-order chi connectivity index (χ1) is 13.5. The van der Waals surface area contributed by atoms with E-state index in [2.05, 4.69) is 40.5 Å². The van der Waals surface area contributed by atoms with Gasteiger partial charge in [-0.05, 0) is 43.4 Å². The number of thioether (sulfide) groups is 1. The van der Waals surface area contributed by atoms with E-state index in [-0.39, 0.29) is 4.90 Å². The molecule has 3 heterocycles. The molecule has 4 rings (SSSR count). The molecule has 4 aromatic rings. The molecule has 0 spiro atoms. The number of nitrogens with one attached hydrogen (secondary N) is 3. The van der Waals surface area contributed by atoms with E-state index in [4.69, 9.17) is 4.42 Å². The first-order valence-electron chi connectivity index (χ1n) is 7.97. The molecular formula is C15H14N8O3S2. The highest BCUT2D eigenvalue weighted by Crippen LogP contribution is 2.28. The van der Waals surface area contributed by atoms with E-state index in [1.54, 1.807) is 24.3 Å². The molecule has 11 nitrogen and oxygen atoms in total. The Morgan fingerprint density at radius 2 is 1.89 bits per heavy atom. The summed E-state index contributed by atoms with van der Waals surface area (Å²) in [5, 5.41) is 21.1. The number of aromatic nitrogens is 7. The summed E-state index contributed by atoms with van der Waals surface area (Å²) in [5.41, 5.74) is 0.743. The lowest BCUT2D eigenvalue weighted by atomic mass is 10.2. The predicted molar refractivity (Wildman–Crippen MR) is 99.5 cm³/mol. The summed E-state index contributed by atoms with van der Waals surface area (Å²) >= 11 is 1.36.